The third kappa shape index (κ3) is 2.45. The van der Waals surface area contributed by atoms with Gasteiger partial charge in [-0.1, -0.05) is 0 Å². The fourth-order valence-electron chi connectivity index (χ4n) is 2.21. The second kappa shape index (κ2) is 5.21. The molecule has 6 nitrogen and oxygen atoms in total. The molecule has 19 heavy (non-hydrogen) atoms. The molecule has 1 unspecified atom stereocenters. The van der Waals surface area contributed by atoms with Crippen LogP contribution in [0, 0.1) is 6.92 Å². The van der Waals surface area contributed by atoms with Crippen LogP contribution in [0.3, 0.4) is 0 Å². The van der Waals surface area contributed by atoms with Gasteiger partial charge in [0.2, 0.25) is 5.91 Å². The summed E-state index contributed by atoms with van der Waals surface area (Å²) in [5, 5.41) is 4.20. The Morgan fingerprint density at radius 2 is 2.21 bits per heavy atom. The molecule has 2 N–H and O–H groups in total. The predicted molar refractivity (Wildman–Crippen MR) is 74.0 cm³/mol. The van der Waals surface area contributed by atoms with Gasteiger partial charge < -0.3 is 10.3 Å². The molecular formula is C12H18ClN5O. The van der Waals surface area contributed by atoms with Crippen LogP contribution in [0.4, 0.5) is 0 Å². The zero-order valence-corrected chi connectivity index (χ0v) is 12.1. The number of fused-ring (bicyclic) bond motifs is 1. The van der Waals surface area contributed by atoms with E-state index in [-0.39, 0.29) is 17.7 Å². The molecule has 1 atom stereocenters. The van der Waals surface area contributed by atoms with Gasteiger partial charge in [-0.2, -0.15) is 5.10 Å². The van der Waals surface area contributed by atoms with Crippen molar-refractivity contribution in [1.29, 1.82) is 0 Å². The molecule has 104 valence electrons. The summed E-state index contributed by atoms with van der Waals surface area (Å²) in [7, 11) is 0. The number of primary amides is 1. The van der Waals surface area contributed by atoms with Crippen molar-refractivity contribution in [2.24, 2.45) is 5.73 Å². The van der Waals surface area contributed by atoms with E-state index >= 15 is 0 Å². The van der Waals surface area contributed by atoms with Crippen molar-refractivity contribution in [3.05, 3.63) is 11.5 Å². The van der Waals surface area contributed by atoms with E-state index in [1.807, 2.05) is 30.0 Å². The maximum atomic E-state index is 11.0. The number of carbonyl (C=O) groups excluding carboxylic acids is 1. The van der Waals surface area contributed by atoms with Gasteiger partial charge in [-0.05, 0) is 20.8 Å². The molecule has 0 radical (unpaired) electrons. The molecule has 0 spiro atoms. The fraction of sp³-hybridized carbons (Fsp3) is 0.583. The van der Waals surface area contributed by atoms with Gasteiger partial charge in [0.25, 0.3) is 0 Å². The van der Waals surface area contributed by atoms with Crippen molar-refractivity contribution in [2.75, 3.05) is 0 Å². The molecule has 7 heteroatoms. The van der Waals surface area contributed by atoms with Crippen LogP contribution in [0.15, 0.2) is 0 Å². The lowest BCUT2D eigenvalue weighted by Gasteiger charge is -2.10. The van der Waals surface area contributed by atoms with Crippen LogP contribution in [0.1, 0.15) is 37.2 Å². The Bertz CT molecular complexity index is 613. The van der Waals surface area contributed by atoms with E-state index < -0.39 is 0 Å². The van der Waals surface area contributed by atoms with Gasteiger partial charge in [-0.15, -0.1) is 11.6 Å². The number of halogens is 1. The first-order valence-corrected chi connectivity index (χ1v) is 6.75. The molecule has 0 aliphatic carbocycles. The van der Waals surface area contributed by atoms with Crippen LogP contribution in [-0.4, -0.2) is 25.2 Å². The summed E-state index contributed by atoms with van der Waals surface area (Å²) in [6.07, 6.45) is 0.260. The standard InChI is InChI=1S/C12H18ClN5O/c1-4-18-12-10(8(3)16-18)15-11(7(2)13)17(12)6-5-9(14)19/h7H,4-6H2,1-3H3,(H2,14,19). The Labute approximate surface area is 116 Å². The summed E-state index contributed by atoms with van der Waals surface area (Å²) in [5.74, 6) is 0.412. The molecule has 0 saturated carbocycles. The van der Waals surface area contributed by atoms with Gasteiger partial charge in [0.15, 0.2) is 5.65 Å². The van der Waals surface area contributed by atoms with Crippen LogP contribution >= 0.6 is 11.6 Å². The van der Waals surface area contributed by atoms with E-state index in [4.69, 9.17) is 17.3 Å². The minimum Gasteiger partial charge on any atom is -0.370 e. The molecular weight excluding hydrogens is 266 g/mol. The quantitative estimate of drug-likeness (QED) is 0.849. The van der Waals surface area contributed by atoms with E-state index in [1.165, 1.54) is 0 Å². The first-order valence-electron chi connectivity index (χ1n) is 6.31. The average Bonchev–Trinajstić information content (AvgIpc) is 2.85. The maximum absolute atomic E-state index is 11.0. The highest BCUT2D eigenvalue weighted by Gasteiger charge is 2.20. The van der Waals surface area contributed by atoms with Gasteiger partial charge in [-0.3, -0.25) is 4.79 Å². The van der Waals surface area contributed by atoms with Gasteiger partial charge in [-0.25, -0.2) is 9.67 Å². The molecule has 0 fully saturated rings. The van der Waals surface area contributed by atoms with Gasteiger partial charge >= 0.3 is 0 Å². The zero-order valence-electron chi connectivity index (χ0n) is 11.4. The second-order valence-electron chi connectivity index (χ2n) is 4.53. The van der Waals surface area contributed by atoms with Crippen LogP contribution in [0.2, 0.25) is 0 Å². The summed E-state index contributed by atoms with van der Waals surface area (Å²) < 4.78 is 3.82. The molecule has 0 aromatic carbocycles. The van der Waals surface area contributed by atoms with Crippen LogP contribution in [0.5, 0.6) is 0 Å². The lowest BCUT2D eigenvalue weighted by atomic mass is 10.3. The number of nitrogens with zero attached hydrogens (tertiary/aromatic N) is 4. The lowest BCUT2D eigenvalue weighted by molar-refractivity contribution is -0.118. The number of hydrogen-bond acceptors (Lipinski definition) is 3. The molecule has 2 aromatic heterocycles. The maximum Gasteiger partial charge on any atom is 0.219 e. The number of hydrogen-bond donors (Lipinski definition) is 1. The van der Waals surface area contributed by atoms with Crippen molar-refractivity contribution in [3.8, 4) is 0 Å². The van der Waals surface area contributed by atoms with E-state index in [1.54, 1.807) is 0 Å². The van der Waals surface area contributed by atoms with Crippen LogP contribution in [0.25, 0.3) is 11.2 Å². The van der Waals surface area contributed by atoms with E-state index in [9.17, 15) is 4.79 Å². The van der Waals surface area contributed by atoms with Crippen molar-refractivity contribution < 1.29 is 4.79 Å². The molecule has 2 aromatic rings. The van der Waals surface area contributed by atoms with Crippen molar-refractivity contribution >= 4 is 28.7 Å². The largest absolute Gasteiger partial charge is 0.370 e. The summed E-state index contributed by atoms with van der Waals surface area (Å²) >= 11 is 6.17. The molecule has 1 amide bonds. The number of imidazole rings is 1. The molecule has 2 rings (SSSR count). The molecule has 0 bridgehead atoms. The van der Waals surface area contributed by atoms with Gasteiger partial charge in [0, 0.05) is 19.5 Å². The minimum absolute atomic E-state index is 0.231. The zero-order chi connectivity index (χ0) is 14.2. The highest BCUT2D eigenvalue weighted by atomic mass is 35.5. The number of carbonyl (C=O) groups is 1. The van der Waals surface area contributed by atoms with E-state index in [0.717, 1.165) is 29.2 Å². The monoisotopic (exact) mass is 283 g/mol. The molecule has 2 heterocycles. The summed E-state index contributed by atoms with van der Waals surface area (Å²) in [4.78, 5) is 15.6. The van der Waals surface area contributed by atoms with Gasteiger partial charge in [0.1, 0.15) is 11.3 Å². The van der Waals surface area contributed by atoms with E-state index in [0.29, 0.717) is 6.54 Å². The van der Waals surface area contributed by atoms with Crippen LogP contribution < -0.4 is 5.73 Å². The number of nitrogens with two attached hydrogens (primary N) is 1. The first-order chi connectivity index (χ1) is 8.95. The first kappa shape index (κ1) is 13.9. The highest BCUT2D eigenvalue weighted by molar-refractivity contribution is 6.20. The number of alkyl halides is 1. The molecule has 0 saturated heterocycles. The number of aryl methyl sites for hydroxylation is 3. The van der Waals surface area contributed by atoms with E-state index in [2.05, 4.69) is 10.1 Å². The third-order valence-corrected chi connectivity index (χ3v) is 3.26. The van der Waals surface area contributed by atoms with Crippen LogP contribution in [-0.2, 0) is 17.9 Å². The minimum atomic E-state index is -0.339. The Hall–Kier alpha value is -1.56. The molecule has 0 aliphatic rings. The van der Waals surface area contributed by atoms with Gasteiger partial charge in [0.05, 0.1) is 11.1 Å². The summed E-state index contributed by atoms with van der Waals surface area (Å²) in [6, 6.07) is 0. The highest BCUT2D eigenvalue weighted by Crippen LogP contribution is 2.26. The Morgan fingerprint density at radius 3 is 2.74 bits per heavy atom. The Morgan fingerprint density at radius 1 is 1.53 bits per heavy atom. The lowest BCUT2D eigenvalue weighted by Crippen LogP contribution is -2.16. The smallest absolute Gasteiger partial charge is 0.219 e. The second-order valence-corrected chi connectivity index (χ2v) is 5.18. The Kier molecular flexibility index (Phi) is 3.80. The molecule has 0 aliphatic heterocycles. The SMILES string of the molecule is CCn1nc(C)c2nc(C(C)Cl)n(CCC(N)=O)c21. The van der Waals surface area contributed by atoms with Crippen molar-refractivity contribution in [2.45, 2.75) is 45.7 Å². The predicted octanol–water partition coefficient (Wildman–Crippen LogP) is 1.74. The summed E-state index contributed by atoms with van der Waals surface area (Å²) in [5.41, 5.74) is 7.84. The van der Waals surface area contributed by atoms with Crippen molar-refractivity contribution in [3.63, 3.8) is 0 Å². The Balaban J connectivity index is 2.60. The number of aromatic nitrogens is 4. The number of rotatable bonds is 5. The number of amides is 1. The summed E-state index contributed by atoms with van der Waals surface area (Å²) in [6.45, 7) is 7.01. The third-order valence-electron chi connectivity index (χ3n) is 3.07. The average molecular weight is 284 g/mol. The van der Waals surface area contributed by atoms with Crippen molar-refractivity contribution in [1.82, 2.24) is 19.3 Å². The fourth-order valence-corrected chi connectivity index (χ4v) is 2.37. The normalized spacial score (nSPS) is 13.1. The topological polar surface area (TPSA) is 78.7 Å².